The maximum absolute atomic E-state index is 8.12. The second-order valence-electron chi connectivity index (χ2n) is 0.0833. The first kappa shape index (κ1) is 110. The SMILES string of the molecule is C.C.C.C.CBr.O.O=C=O.[Br-]. The molecule has 3 nitrogen and oxygen atoms in total. The monoisotopic (exact) mass is 299 g/mol. The van der Waals surface area contributed by atoms with Crippen LogP contribution in [0.3, 0.4) is 0 Å². The lowest BCUT2D eigenvalue weighted by Gasteiger charge is -1.05. The van der Waals surface area contributed by atoms with Gasteiger partial charge in [-0.25, -0.2) is 0 Å². The fraction of sp³-hybridized carbons (Fsp3) is 0.833. The van der Waals surface area contributed by atoms with Gasteiger partial charge in [0, 0.05) is 0 Å². The van der Waals surface area contributed by atoms with Crippen LogP contribution in [0.5, 0.6) is 0 Å². The third kappa shape index (κ3) is 7880. The van der Waals surface area contributed by atoms with Gasteiger partial charge in [-0.2, -0.15) is 9.59 Å². The number of hydrogen-bond acceptors (Lipinski definition) is 2. The molecular weight excluding hydrogens is 280 g/mol. The van der Waals surface area contributed by atoms with E-state index >= 15 is 0 Å². The van der Waals surface area contributed by atoms with Gasteiger partial charge in [0.25, 0.3) is 0 Å². The number of alkyl halides is 1. The van der Waals surface area contributed by atoms with Gasteiger partial charge >= 0.3 is 6.15 Å². The van der Waals surface area contributed by atoms with Crippen molar-refractivity contribution in [1.29, 1.82) is 0 Å². The summed E-state index contributed by atoms with van der Waals surface area (Å²) >= 11 is 2.94. The van der Waals surface area contributed by atoms with E-state index < -0.39 is 0 Å². The topological polar surface area (TPSA) is 65.6 Å². The van der Waals surface area contributed by atoms with Crippen LogP contribution in [0.15, 0.2) is 0 Å². The Labute approximate surface area is 89.8 Å². The minimum absolute atomic E-state index is 0. The zero-order valence-corrected chi connectivity index (χ0v) is 6.74. The smallest absolute Gasteiger partial charge is 0.373 e. The van der Waals surface area contributed by atoms with Crippen molar-refractivity contribution in [2.45, 2.75) is 29.7 Å². The normalized spacial score (nSPS) is 1.27. The summed E-state index contributed by atoms with van der Waals surface area (Å²) < 4.78 is 0. The Kier molecular flexibility index (Phi) is 5280. The van der Waals surface area contributed by atoms with Crippen LogP contribution in [0.25, 0.3) is 0 Å². The molecule has 0 spiro atoms. The number of carbonyl (C=O) groups excluding carboxylic acids is 2. The zero-order chi connectivity index (χ0) is 4.71. The number of halogens is 2. The quantitative estimate of drug-likeness (QED) is 0.547. The summed E-state index contributed by atoms with van der Waals surface area (Å²) in [5, 5.41) is 0. The maximum Gasteiger partial charge on any atom is 0.373 e. The lowest BCUT2D eigenvalue weighted by molar-refractivity contribution is -0.191. The van der Waals surface area contributed by atoms with Gasteiger partial charge < -0.3 is 22.5 Å². The molecule has 0 rings (SSSR count). The third-order valence-corrected chi connectivity index (χ3v) is 0. The minimum Gasteiger partial charge on any atom is -1.00 e. The van der Waals surface area contributed by atoms with E-state index in [4.69, 9.17) is 9.59 Å². The Balaban J connectivity index is -0.00000000181. The predicted molar refractivity (Wildman–Crippen MR) is 50.4 cm³/mol. The molecule has 0 saturated heterocycles. The lowest BCUT2D eigenvalue weighted by Crippen LogP contribution is -3.00. The van der Waals surface area contributed by atoms with Gasteiger partial charge in [0.05, 0.1) is 0 Å². The van der Waals surface area contributed by atoms with Crippen molar-refractivity contribution in [2.24, 2.45) is 0 Å². The molecule has 5 heteroatoms. The fourth-order valence-electron chi connectivity index (χ4n) is 0. The van der Waals surface area contributed by atoms with Crippen molar-refractivity contribution in [2.75, 3.05) is 5.83 Å². The zero-order valence-electron chi connectivity index (χ0n) is 3.57. The van der Waals surface area contributed by atoms with Crippen molar-refractivity contribution < 1.29 is 32.0 Å². The van der Waals surface area contributed by atoms with Crippen LogP contribution < -0.4 is 17.0 Å². The van der Waals surface area contributed by atoms with Crippen LogP contribution in [0, 0.1) is 0 Å². The molecule has 78 valence electrons. The molecule has 0 aliphatic rings. The van der Waals surface area contributed by atoms with E-state index in [1.54, 1.807) is 0 Å². The molecule has 0 amide bonds. The average Bonchev–Trinajstić information content (AvgIpc) is 1.46. The molecule has 0 aliphatic heterocycles. The van der Waals surface area contributed by atoms with E-state index in [2.05, 4.69) is 15.9 Å². The van der Waals surface area contributed by atoms with Gasteiger partial charge in [-0.3, -0.25) is 0 Å². The molecule has 0 bridgehead atoms. The largest absolute Gasteiger partial charge is 1.00 e. The Morgan fingerprint density at radius 2 is 0.909 bits per heavy atom. The van der Waals surface area contributed by atoms with Crippen LogP contribution in [-0.4, -0.2) is 17.5 Å². The van der Waals surface area contributed by atoms with Crippen molar-refractivity contribution in [3.8, 4) is 0 Å². The van der Waals surface area contributed by atoms with E-state index in [-0.39, 0.29) is 58.3 Å². The molecule has 0 radical (unpaired) electrons. The summed E-state index contributed by atoms with van der Waals surface area (Å²) in [5.41, 5.74) is 0. The molecule has 0 unspecified atom stereocenters. The molecule has 0 atom stereocenters. The van der Waals surface area contributed by atoms with Gasteiger partial charge in [-0.05, 0) is 5.83 Å². The van der Waals surface area contributed by atoms with Crippen LogP contribution in [0.2, 0.25) is 0 Å². The standard InChI is InChI=1S/CH3Br.CO2.4CH4.BrH.H2O/c1-2;2-1-3;;;;;;/h1H3;;4*1H4;1H;1H2/p-1. The van der Waals surface area contributed by atoms with Gasteiger partial charge in [0.1, 0.15) is 0 Å². The summed E-state index contributed by atoms with van der Waals surface area (Å²) in [6.07, 6.45) is 0.250. The molecular formula is C6H21Br2O3-. The third-order valence-electron chi connectivity index (χ3n) is 0. The number of hydrogen-bond donors (Lipinski definition) is 0. The van der Waals surface area contributed by atoms with Crippen LogP contribution in [0.1, 0.15) is 29.7 Å². The van der Waals surface area contributed by atoms with Crippen molar-refractivity contribution >= 4 is 22.1 Å². The summed E-state index contributed by atoms with van der Waals surface area (Å²) in [6.45, 7) is 0. The molecule has 0 fully saturated rings. The summed E-state index contributed by atoms with van der Waals surface area (Å²) in [5.74, 6) is 1.81. The second-order valence-corrected chi connectivity index (χ2v) is 0.0833. The molecule has 0 aliphatic carbocycles. The molecule has 0 aromatic carbocycles. The molecule has 0 aromatic rings. The van der Waals surface area contributed by atoms with Gasteiger partial charge in [0.2, 0.25) is 0 Å². The highest BCUT2D eigenvalue weighted by molar-refractivity contribution is 9.08. The Morgan fingerprint density at radius 3 is 0.909 bits per heavy atom. The maximum atomic E-state index is 8.12. The molecule has 0 aromatic heterocycles. The van der Waals surface area contributed by atoms with Gasteiger partial charge in [-0.15, -0.1) is 0 Å². The van der Waals surface area contributed by atoms with E-state index in [0.717, 1.165) is 0 Å². The Hall–Kier alpha value is 0.300. The van der Waals surface area contributed by atoms with Crippen molar-refractivity contribution in [3.05, 3.63) is 0 Å². The first-order chi connectivity index (χ1) is 2.41. The molecule has 0 heterocycles. The Morgan fingerprint density at radius 1 is 0.909 bits per heavy atom. The van der Waals surface area contributed by atoms with Gasteiger partial charge in [-0.1, -0.05) is 45.6 Å². The van der Waals surface area contributed by atoms with E-state index in [0.29, 0.717) is 0 Å². The van der Waals surface area contributed by atoms with E-state index in [9.17, 15) is 0 Å². The van der Waals surface area contributed by atoms with Crippen LogP contribution in [-0.2, 0) is 9.59 Å². The second kappa shape index (κ2) is 527. The highest BCUT2D eigenvalue weighted by Crippen LogP contribution is 1.45. The average molecular weight is 301 g/mol. The van der Waals surface area contributed by atoms with E-state index in [1.807, 2.05) is 5.83 Å². The summed E-state index contributed by atoms with van der Waals surface area (Å²) in [6, 6.07) is 0. The highest BCUT2D eigenvalue weighted by Gasteiger charge is 1.13. The minimum atomic E-state index is 0. The molecule has 0 saturated carbocycles. The van der Waals surface area contributed by atoms with Crippen molar-refractivity contribution in [3.63, 3.8) is 0 Å². The van der Waals surface area contributed by atoms with Crippen molar-refractivity contribution in [1.82, 2.24) is 0 Å². The molecule has 2 N–H and O–H groups in total. The van der Waals surface area contributed by atoms with E-state index in [1.165, 1.54) is 0 Å². The van der Waals surface area contributed by atoms with Crippen LogP contribution in [0.4, 0.5) is 0 Å². The first-order valence-electron chi connectivity index (χ1n) is 0.786. The fourth-order valence-corrected chi connectivity index (χ4v) is 0. The highest BCUT2D eigenvalue weighted by atomic mass is 79.9. The number of rotatable bonds is 0. The summed E-state index contributed by atoms with van der Waals surface area (Å²) in [4.78, 5) is 16.2. The molecule has 11 heavy (non-hydrogen) atoms. The van der Waals surface area contributed by atoms with Crippen LogP contribution >= 0.6 is 15.9 Å². The van der Waals surface area contributed by atoms with Gasteiger partial charge in [0.15, 0.2) is 0 Å². The Bertz CT molecular complexity index is 36.8. The summed E-state index contributed by atoms with van der Waals surface area (Å²) in [7, 11) is 0. The first-order valence-corrected chi connectivity index (χ1v) is 2.37. The lowest BCUT2D eigenvalue weighted by atomic mass is 11.8. The predicted octanol–water partition coefficient (Wildman–Crippen LogP) is -0.849.